The highest BCUT2D eigenvalue weighted by Crippen LogP contribution is 2.40. The average Bonchev–Trinajstić information content (AvgIpc) is 3.43. The van der Waals surface area contributed by atoms with E-state index < -0.39 is 0 Å². The Kier molecular flexibility index (Phi) is 6.49. The van der Waals surface area contributed by atoms with Crippen molar-refractivity contribution in [2.45, 2.75) is 50.7 Å². The summed E-state index contributed by atoms with van der Waals surface area (Å²) in [6.07, 6.45) is 3.36. The van der Waals surface area contributed by atoms with Gasteiger partial charge in [0.15, 0.2) is 5.16 Å². The highest BCUT2D eigenvalue weighted by Gasteiger charge is 2.30. The molecule has 1 amide bonds. The van der Waals surface area contributed by atoms with Crippen LogP contribution in [-0.2, 0) is 16.1 Å². The summed E-state index contributed by atoms with van der Waals surface area (Å²) in [4.78, 5) is 23.9. The Morgan fingerprint density at radius 1 is 1.22 bits per heavy atom. The van der Waals surface area contributed by atoms with Crippen LogP contribution in [0, 0.1) is 0 Å². The van der Waals surface area contributed by atoms with Gasteiger partial charge in [-0.1, -0.05) is 18.7 Å². The topological polar surface area (TPSA) is 86.1 Å². The van der Waals surface area contributed by atoms with Crippen molar-refractivity contribution >= 4 is 29.3 Å². The fourth-order valence-corrected chi connectivity index (χ4v) is 3.49. The standard InChI is InChI=1S/C19H24N4O3S/c1-3-11-23-17(13-5-6-13)21-22-19(23)27-12-16(24)20-15-9-7-14(8-10-15)18(25)26-4-2/h7-10,13H,3-6,11-12H2,1-2H3,(H,20,24). The third kappa shape index (κ3) is 5.09. The molecule has 0 spiro atoms. The van der Waals surface area contributed by atoms with Gasteiger partial charge in [-0.05, 0) is 50.5 Å². The monoisotopic (exact) mass is 388 g/mol. The molecule has 1 aliphatic rings. The maximum atomic E-state index is 12.2. The number of amides is 1. The van der Waals surface area contributed by atoms with Crippen LogP contribution in [0.4, 0.5) is 5.69 Å². The number of hydrogen-bond acceptors (Lipinski definition) is 6. The molecule has 0 bridgehead atoms. The number of rotatable bonds is 9. The molecule has 7 nitrogen and oxygen atoms in total. The van der Waals surface area contributed by atoms with Gasteiger partial charge < -0.3 is 14.6 Å². The normalized spacial score (nSPS) is 13.4. The predicted molar refractivity (Wildman–Crippen MR) is 104 cm³/mol. The molecule has 1 N–H and O–H groups in total. The van der Waals surface area contributed by atoms with Gasteiger partial charge >= 0.3 is 5.97 Å². The van der Waals surface area contributed by atoms with Gasteiger partial charge in [-0.25, -0.2) is 4.79 Å². The van der Waals surface area contributed by atoms with Crippen LogP contribution in [0.5, 0.6) is 0 Å². The van der Waals surface area contributed by atoms with Gasteiger partial charge in [-0.15, -0.1) is 10.2 Å². The molecule has 0 atom stereocenters. The zero-order valence-corrected chi connectivity index (χ0v) is 16.4. The smallest absolute Gasteiger partial charge is 0.338 e. The molecule has 144 valence electrons. The zero-order chi connectivity index (χ0) is 19.2. The highest BCUT2D eigenvalue weighted by atomic mass is 32.2. The maximum absolute atomic E-state index is 12.2. The van der Waals surface area contributed by atoms with E-state index in [4.69, 9.17) is 4.74 Å². The van der Waals surface area contributed by atoms with E-state index in [1.54, 1.807) is 31.2 Å². The molecule has 1 aromatic carbocycles. The van der Waals surface area contributed by atoms with Crippen molar-refractivity contribution in [3.63, 3.8) is 0 Å². The van der Waals surface area contributed by atoms with Crippen molar-refractivity contribution in [1.82, 2.24) is 14.8 Å². The summed E-state index contributed by atoms with van der Waals surface area (Å²) in [7, 11) is 0. The van der Waals surface area contributed by atoms with E-state index in [1.165, 1.54) is 24.6 Å². The van der Waals surface area contributed by atoms with Gasteiger partial charge in [0.2, 0.25) is 5.91 Å². The number of ether oxygens (including phenoxy) is 1. The summed E-state index contributed by atoms with van der Waals surface area (Å²) < 4.78 is 7.09. The second kappa shape index (κ2) is 9.03. The van der Waals surface area contributed by atoms with Crippen molar-refractivity contribution in [3.05, 3.63) is 35.7 Å². The first kappa shape index (κ1) is 19.4. The van der Waals surface area contributed by atoms with E-state index in [2.05, 4.69) is 27.0 Å². The Morgan fingerprint density at radius 3 is 2.59 bits per heavy atom. The molecule has 3 rings (SSSR count). The second-order valence-electron chi connectivity index (χ2n) is 6.40. The number of aromatic nitrogens is 3. The summed E-state index contributed by atoms with van der Waals surface area (Å²) in [5, 5.41) is 12.2. The second-order valence-corrected chi connectivity index (χ2v) is 7.34. The first-order chi connectivity index (χ1) is 13.1. The molecule has 1 heterocycles. The van der Waals surface area contributed by atoms with Crippen LogP contribution in [0.2, 0.25) is 0 Å². The van der Waals surface area contributed by atoms with Gasteiger partial charge in [0, 0.05) is 18.2 Å². The van der Waals surface area contributed by atoms with E-state index in [0.717, 1.165) is 23.9 Å². The van der Waals surface area contributed by atoms with Gasteiger partial charge in [0.25, 0.3) is 0 Å². The van der Waals surface area contributed by atoms with E-state index in [0.29, 0.717) is 23.8 Å². The quantitative estimate of drug-likeness (QED) is 0.523. The van der Waals surface area contributed by atoms with E-state index >= 15 is 0 Å². The molecule has 1 fully saturated rings. The molecule has 0 saturated heterocycles. The van der Waals surface area contributed by atoms with Gasteiger partial charge in [-0.2, -0.15) is 0 Å². The molecule has 0 aliphatic heterocycles. The number of nitrogens with zero attached hydrogens (tertiary/aromatic N) is 3. The van der Waals surface area contributed by atoms with Gasteiger partial charge in [0.1, 0.15) is 5.82 Å². The van der Waals surface area contributed by atoms with Crippen LogP contribution < -0.4 is 5.32 Å². The molecule has 27 heavy (non-hydrogen) atoms. The fraction of sp³-hybridized carbons (Fsp3) is 0.474. The van der Waals surface area contributed by atoms with Crippen molar-refractivity contribution in [1.29, 1.82) is 0 Å². The van der Waals surface area contributed by atoms with Crippen molar-refractivity contribution < 1.29 is 14.3 Å². The number of anilines is 1. The molecule has 2 aromatic rings. The SMILES string of the molecule is CCCn1c(SCC(=O)Nc2ccc(C(=O)OCC)cc2)nnc1C1CC1. The van der Waals surface area contributed by atoms with Crippen molar-refractivity contribution in [3.8, 4) is 0 Å². The number of hydrogen-bond donors (Lipinski definition) is 1. The number of thioether (sulfide) groups is 1. The zero-order valence-electron chi connectivity index (χ0n) is 15.6. The minimum absolute atomic E-state index is 0.122. The van der Waals surface area contributed by atoms with Crippen molar-refractivity contribution in [2.24, 2.45) is 0 Å². The third-order valence-corrected chi connectivity index (χ3v) is 5.11. The Morgan fingerprint density at radius 2 is 1.96 bits per heavy atom. The molecule has 1 aromatic heterocycles. The van der Waals surface area contributed by atoms with Crippen LogP contribution >= 0.6 is 11.8 Å². The Bertz CT molecular complexity index is 800. The first-order valence-electron chi connectivity index (χ1n) is 9.25. The lowest BCUT2D eigenvalue weighted by molar-refractivity contribution is -0.113. The van der Waals surface area contributed by atoms with Crippen LogP contribution in [-0.4, -0.2) is 39.0 Å². The van der Waals surface area contributed by atoms with E-state index in [1.807, 2.05) is 0 Å². The summed E-state index contributed by atoms with van der Waals surface area (Å²) >= 11 is 1.40. The molecule has 1 saturated carbocycles. The lowest BCUT2D eigenvalue weighted by atomic mass is 10.2. The molecular formula is C19H24N4O3S. The Hall–Kier alpha value is -2.35. The summed E-state index contributed by atoms with van der Waals surface area (Å²) in [5.74, 6) is 1.35. The fourth-order valence-electron chi connectivity index (χ4n) is 2.72. The molecule has 0 unspecified atom stereocenters. The van der Waals surface area contributed by atoms with Gasteiger partial charge in [0.05, 0.1) is 17.9 Å². The van der Waals surface area contributed by atoms with Crippen LogP contribution in [0.25, 0.3) is 0 Å². The largest absolute Gasteiger partial charge is 0.462 e. The van der Waals surface area contributed by atoms with E-state index in [-0.39, 0.29) is 17.6 Å². The summed E-state index contributed by atoms with van der Waals surface area (Å²) in [5.41, 5.74) is 1.10. The number of esters is 1. The Balaban J connectivity index is 1.55. The first-order valence-corrected chi connectivity index (χ1v) is 10.2. The summed E-state index contributed by atoms with van der Waals surface area (Å²) in [6, 6.07) is 6.67. The lowest BCUT2D eigenvalue weighted by Crippen LogP contribution is -2.15. The average molecular weight is 388 g/mol. The van der Waals surface area contributed by atoms with Crippen LogP contribution in [0.15, 0.2) is 29.4 Å². The summed E-state index contributed by atoms with van der Waals surface area (Å²) in [6.45, 7) is 5.09. The number of benzene rings is 1. The number of carbonyl (C=O) groups excluding carboxylic acids is 2. The molecule has 1 aliphatic carbocycles. The van der Waals surface area contributed by atoms with Crippen molar-refractivity contribution in [2.75, 3.05) is 17.7 Å². The maximum Gasteiger partial charge on any atom is 0.338 e. The van der Waals surface area contributed by atoms with Gasteiger partial charge in [-0.3, -0.25) is 4.79 Å². The third-order valence-electron chi connectivity index (χ3n) is 4.15. The lowest BCUT2D eigenvalue weighted by Gasteiger charge is -2.09. The highest BCUT2D eigenvalue weighted by molar-refractivity contribution is 7.99. The Labute approximate surface area is 162 Å². The minimum Gasteiger partial charge on any atom is -0.462 e. The van der Waals surface area contributed by atoms with E-state index in [9.17, 15) is 9.59 Å². The predicted octanol–water partition coefficient (Wildman–Crippen LogP) is 3.47. The van der Waals surface area contributed by atoms with Crippen LogP contribution in [0.1, 0.15) is 55.2 Å². The minimum atomic E-state index is -0.368. The number of nitrogens with one attached hydrogen (secondary N) is 1. The number of carbonyl (C=O) groups is 2. The molecule has 8 heteroatoms. The van der Waals surface area contributed by atoms with Crippen LogP contribution in [0.3, 0.4) is 0 Å². The molecular weight excluding hydrogens is 364 g/mol. The molecule has 0 radical (unpaired) electrons.